The molecule has 2 atom stereocenters. The fraction of sp³-hybridized carbons (Fsp3) is 0.889. The molecule has 0 aromatic carbocycles. The third kappa shape index (κ3) is 1.04. The number of amides is 1. The van der Waals surface area contributed by atoms with Gasteiger partial charge in [0.2, 0.25) is 5.91 Å². The second-order valence-corrected chi connectivity index (χ2v) is 4.08. The highest BCUT2D eigenvalue weighted by Gasteiger charge is 2.42. The number of hydrogen-bond donors (Lipinski definition) is 1. The Hall–Kier alpha value is -0.570. The molecule has 2 heterocycles. The van der Waals surface area contributed by atoms with Gasteiger partial charge in [-0.25, -0.2) is 0 Å². The van der Waals surface area contributed by atoms with E-state index in [0.717, 1.165) is 19.5 Å². The summed E-state index contributed by atoms with van der Waals surface area (Å²) >= 11 is 0. The molecule has 1 N–H and O–H groups in total. The van der Waals surface area contributed by atoms with Crippen molar-refractivity contribution >= 4 is 5.91 Å². The Bertz CT molecular complexity index is 203. The first-order valence-corrected chi connectivity index (χ1v) is 4.73. The molecule has 2 fully saturated rings. The average Bonchev–Trinajstić information content (AvgIpc) is 2.24. The highest BCUT2D eigenvalue weighted by Crippen LogP contribution is 2.28. The van der Waals surface area contributed by atoms with Crippen molar-refractivity contribution in [2.24, 2.45) is 5.92 Å². The van der Waals surface area contributed by atoms with Gasteiger partial charge in [0.05, 0.1) is 5.92 Å². The van der Waals surface area contributed by atoms with Gasteiger partial charge >= 0.3 is 0 Å². The van der Waals surface area contributed by atoms with Gasteiger partial charge in [-0.2, -0.15) is 0 Å². The summed E-state index contributed by atoms with van der Waals surface area (Å²) in [6.07, 6.45) is 1.07. The van der Waals surface area contributed by atoms with Gasteiger partial charge in [0.25, 0.3) is 0 Å². The first-order chi connectivity index (χ1) is 5.70. The van der Waals surface area contributed by atoms with Crippen molar-refractivity contribution in [2.75, 3.05) is 13.1 Å². The Kier molecular flexibility index (Phi) is 1.83. The molecule has 0 spiro atoms. The number of fused-ring (bicyclic) bond motifs is 2. The first kappa shape index (κ1) is 8.05. The van der Waals surface area contributed by atoms with Crippen molar-refractivity contribution in [1.29, 1.82) is 0 Å². The Balaban J connectivity index is 2.18. The third-order valence-corrected chi connectivity index (χ3v) is 2.88. The largest absolute Gasteiger partial charge is 0.336 e. The van der Waals surface area contributed by atoms with Gasteiger partial charge in [0.15, 0.2) is 0 Å². The van der Waals surface area contributed by atoms with Gasteiger partial charge in [-0.15, -0.1) is 0 Å². The Morgan fingerprint density at radius 3 is 2.83 bits per heavy atom. The van der Waals surface area contributed by atoms with E-state index in [1.54, 1.807) is 0 Å². The van der Waals surface area contributed by atoms with E-state index in [2.05, 4.69) is 19.2 Å². The molecule has 12 heavy (non-hydrogen) atoms. The number of carbonyl (C=O) groups excluding carboxylic acids is 1. The first-order valence-electron chi connectivity index (χ1n) is 4.73. The van der Waals surface area contributed by atoms with Crippen LogP contribution in [-0.4, -0.2) is 36.0 Å². The zero-order valence-corrected chi connectivity index (χ0v) is 7.71. The smallest absolute Gasteiger partial charge is 0.227 e. The summed E-state index contributed by atoms with van der Waals surface area (Å²) in [5.74, 6) is 0.631. The molecule has 0 aliphatic carbocycles. The van der Waals surface area contributed by atoms with Crippen LogP contribution in [0.3, 0.4) is 0 Å². The molecule has 2 bridgehead atoms. The summed E-state index contributed by atoms with van der Waals surface area (Å²) in [6, 6.07) is 0.837. The molecule has 2 rings (SSSR count). The lowest BCUT2D eigenvalue weighted by molar-refractivity contribution is -0.132. The topological polar surface area (TPSA) is 32.3 Å². The van der Waals surface area contributed by atoms with Gasteiger partial charge in [0.1, 0.15) is 0 Å². The molecule has 2 saturated heterocycles. The van der Waals surface area contributed by atoms with E-state index in [9.17, 15) is 4.79 Å². The van der Waals surface area contributed by atoms with E-state index in [4.69, 9.17) is 0 Å². The second-order valence-electron chi connectivity index (χ2n) is 4.08. The van der Waals surface area contributed by atoms with Gasteiger partial charge in [-0.1, -0.05) is 0 Å². The van der Waals surface area contributed by atoms with Crippen LogP contribution < -0.4 is 5.32 Å². The number of rotatable bonds is 1. The molecule has 3 nitrogen and oxygen atoms in total. The van der Waals surface area contributed by atoms with Crippen LogP contribution in [0.15, 0.2) is 0 Å². The third-order valence-electron chi connectivity index (χ3n) is 2.88. The number of piperidine rings is 1. The Morgan fingerprint density at radius 2 is 2.25 bits per heavy atom. The molecule has 3 heteroatoms. The molecule has 0 aromatic rings. The highest BCUT2D eigenvalue weighted by molar-refractivity contribution is 5.82. The van der Waals surface area contributed by atoms with Crippen molar-refractivity contribution < 1.29 is 4.79 Å². The zero-order chi connectivity index (χ0) is 8.72. The standard InChI is InChI=1S/C9H16N2O/c1-6(2)11-8-3-7(9(11)12)4-10-5-8/h6-8,10H,3-5H2,1-2H3. The van der Waals surface area contributed by atoms with E-state index < -0.39 is 0 Å². The second kappa shape index (κ2) is 2.73. The summed E-state index contributed by atoms with van der Waals surface area (Å²) in [5.41, 5.74) is 0. The van der Waals surface area contributed by atoms with Crippen molar-refractivity contribution in [3.63, 3.8) is 0 Å². The zero-order valence-electron chi connectivity index (χ0n) is 7.71. The molecule has 0 radical (unpaired) electrons. The Morgan fingerprint density at radius 1 is 1.50 bits per heavy atom. The summed E-state index contributed by atoms with van der Waals surface area (Å²) in [7, 11) is 0. The van der Waals surface area contributed by atoms with Crippen molar-refractivity contribution in [3.8, 4) is 0 Å². The molecule has 0 saturated carbocycles. The van der Waals surface area contributed by atoms with Gasteiger partial charge < -0.3 is 10.2 Å². The van der Waals surface area contributed by atoms with Crippen molar-refractivity contribution in [1.82, 2.24) is 10.2 Å². The van der Waals surface area contributed by atoms with Crippen LogP contribution in [0.1, 0.15) is 20.3 Å². The molecular formula is C9H16N2O. The monoisotopic (exact) mass is 168 g/mol. The van der Waals surface area contributed by atoms with E-state index in [1.165, 1.54) is 0 Å². The van der Waals surface area contributed by atoms with Crippen molar-refractivity contribution in [2.45, 2.75) is 32.4 Å². The maximum Gasteiger partial charge on any atom is 0.227 e. The van der Waals surface area contributed by atoms with Gasteiger partial charge in [0, 0.05) is 25.2 Å². The van der Waals surface area contributed by atoms with Crippen LogP contribution >= 0.6 is 0 Å². The fourth-order valence-corrected chi connectivity index (χ4v) is 2.39. The van der Waals surface area contributed by atoms with Crippen LogP contribution in [0.4, 0.5) is 0 Å². The number of likely N-dealkylation sites (tertiary alicyclic amines) is 1. The maximum atomic E-state index is 11.7. The number of nitrogens with zero attached hydrogens (tertiary/aromatic N) is 1. The van der Waals surface area contributed by atoms with Crippen molar-refractivity contribution in [3.05, 3.63) is 0 Å². The van der Waals surface area contributed by atoms with Crippen LogP contribution in [0.2, 0.25) is 0 Å². The molecule has 2 aliphatic rings. The van der Waals surface area contributed by atoms with E-state index in [0.29, 0.717) is 18.0 Å². The molecular weight excluding hydrogens is 152 g/mol. The predicted octanol–water partition coefficient (Wildman–Crippen LogP) is 0.215. The minimum absolute atomic E-state index is 0.270. The molecule has 2 aliphatic heterocycles. The fourth-order valence-electron chi connectivity index (χ4n) is 2.39. The van der Waals surface area contributed by atoms with Crippen LogP contribution in [-0.2, 0) is 4.79 Å². The van der Waals surface area contributed by atoms with E-state index in [-0.39, 0.29) is 5.92 Å². The summed E-state index contributed by atoms with van der Waals surface area (Å²) in [6.45, 7) is 6.07. The number of carbonyl (C=O) groups is 1. The SMILES string of the molecule is CC(C)N1C(=O)C2CNCC1C2. The summed E-state index contributed by atoms with van der Waals surface area (Å²) in [4.78, 5) is 13.8. The average molecular weight is 168 g/mol. The maximum absolute atomic E-state index is 11.7. The van der Waals surface area contributed by atoms with Crippen LogP contribution in [0, 0.1) is 5.92 Å². The van der Waals surface area contributed by atoms with Gasteiger partial charge in [-0.05, 0) is 20.3 Å². The summed E-state index contributed by atoms with van der Waals surface area (Å²) in [5, 5.41) is 3.30. The molecule has 0 aromatic heterocycles. The lowest BCUT2D eigenvalue weighted by atomic mass is 10.0. The minimum Gasteiger partial charge on any atom is -0.336 e. The highest BCUT2D eigenvalue weighted by atomic mass is 16.2. The Labute approximate surface area is 73.1 Å². The predicted molar refractivity (Wildman–Crippen MR) is 46.7 cm³/mol. The number of nitrogens with one attached hydrogen (secondary N) is 1. The number of hydrogen-bond acceptors (Lipinski definition) is 2. The molecule has 2 unspecified atom stereocenters. The van der Waals surface area contributed by atoms with E-state index >= 15 is 0 Å². The molecule has 1 amide bonds. The summed E-state index contributed by atoms with van der Waals surface area (Å²) < 4.78 is 0. The lowest BCUT2D eigenvalue weighted by Gasteiger charge is -2.28. The van der Waals surface area contributed by atoms with Crippen LogP contribution in [0.5, 0.6) is 0 Å². The van der Waals surface area contributed by atoms with Gasteiger partial charge in [-0.3, -0.25) is 4.79 Å². The lowest BCUT2D eigenvalue weighted by Crippen LogP contribution is -2.42. The minimum atomic E-state index is 0.270. The van der Waals surface area contributed by atoms with E-state index in [1.807, 2.05) is 4.90 Å². The quantitative estimate of drug-likeness (QED) is 0.607. The van der Waals surface area contributed by atoms with Crippen LogP contribution in [0.25, 0.3) is 0 Å². The normalized spacial score (nSPS) is 34.9. The molecule has 68 valence electrons.